The van der Waals surface area contributed by atoms with E-state index in [0.29, 0.717) is 19.6 Å². The highest BCUT2D eigenvalue weighted by Gasteiger charge is 2.22. The Kier molecular flexibility index (Phi) is 7.92. The number of carbonyl (C=O) groups excluding carboxylic acids is 1. The summed E-state index contributed by atoms with van der Waals surface area (Å²) in [4.78, 5) is 28.8. The first-order chi connectivity index (χ1) is 16.5. The van der Waals surface area contributed by atoms with Crippen molar-refractivity contribution in [1.29, 1.82) is 0 Å². The molecule has 34 heavy (non-hydrogen) atoms. The fourth-order valence-electron chi connectivity index (χ4n) is 4.15. The standard InChI is InChI=1S/C26H35N7O/c1-20-9-4-6-11-22(20)29-26(34)33-17-15-32(16-18-33)19-24-28-23-12-7-5-10-21(23)25(30-24)27-13-8-14-31(2)3/h4-7,9-12H,8,13-19H2,1-3H3,(H,29,34)(H,27,28,30). The van der Waals surface area contributed by atoms with E-state index in [9.17, 15) is 4.79 Å². The predicted octanol–water partition coefficient (Wildman–Crippen LogP) is 3.65. The van der Waals surface area contributed by atoms with Crippen molar-refractivity contribution in [3.8, 4) is 0 Å². The molecule has 8 heteroatoms. The summed E-state index contributed by atoms with van der Waals surface area (Å²) in [6, 6.07) is 16.0. The molecule has 2 N–H and O–H groups in total. The molecule has 1 aliphatic rings. The van der Waals surface area contributed by atoms with Crippen molar-refractivity contribution < 1.29 is 4.79 Å². The summed E-state index contributed by atoms with van der Waals surface area (Å²) < 4.78 is 0. The third-order valence-corrected chi connectivity index (χ3v) is 6.14. The molecule has 0 atom stereocenters. The number of hydrogen-bond acceptors (Lipinski definition) is 6. The van der Waals surface area contributed by atoms with Gasteiger partial charge in [-0.15, -0.1) is 0 Å². The molecule has 0 saturated carbocycles. The number of para-hydroxylation sites is 2. The van der Waals surface area contributed by atoms with Crippen molar-refractivity contribution in [3.63, 3.8) is 0 Å². The second-order valence-corrected chi connectivity index (χ2v) is 9.10. The Hall–Kier alpha value is -3.23. The molecular weight excluding hydrogens is 426 g/mol. The van der Waals surface area contributed by atoms with Crippen molar-refractivity contribution in [2.75, 3.05) is 64.0 Å². The largest absolute Gasteiger partial charge is 0.369 e. The molecule has 2 heterocycles. The first-order valence-corrected chi connectivity index (χ1v) is 12.0. The van der Waals surface area contributed by atoms with E-state index in [0.717, 1.165) is 66.4 Å². The summed E-state index contributed by atoms with van der Waals surface area (Å²) in [5, 5.41) is 7.60. The Bertz CT molecular complexity index is 1110. The highest BCUT2D eigenvalue weighted by Crippen LogP contribution is 2.21. The number of anilines is 2. The summed E-state index contributed by atoms with van der Waals surface area (Å²) in [5.74, 6) is 1.71. The monoisotopic (exact) mass is 461 g/mol. The van der Waals surface area contributed by atoms with Gasteiger partial charge in [0, 0.05) is 43.8 Å². The molecule has 0 radical (unpaired) electrons. The number of benzene rings is 2. The average Bonchev–Trinajstić information content (AvgIpc) is 2.83. The van der Waals surface area contributed by atoms with E-state index < -0.39 is 0 Å². The van der Waals surface area contributed by atoms with Gasteiger partial charge in [0.05, 0.1) is 12.1 Å². The summed E-state index contributed by atoms with van der Waals surface area (Å²) in [7, 11) is 4.18. The number of nitrogens with one attached hydrogen (secondary N) is 2. The van der Waals surface area contributed by atoms with Crippen LogP contribution in [0.3, 0.4) is 0 Å². The van der Waals surface area contributed by atoms with Crippen LogP contribution in [0.2, 0.25) is 0 Å². The second-order valence-electron chi connectivity index (χ2n) is 9.10. The van der Waals surface area contributed by atoms with Gasteiger partial charge < -0.3 is 20.4 Å². The first-order valence-electron chi connectivity index (χ1n) is 12.0. The molecule has 8 nitrogen and oxygen atoms in total. The van der Waals surface area contributed by atoms with Crippen LogP contribution in [0.15, 0.2) is 48.5 Å². The molecule has 2 amide bonds. The Morgan fingerprint density at radius 2 is 1.74 bits per heavy atom. The van der Waals surface area contributed by atoms with E-state index in [4.69, 9.17) is 9.97 Å². The number of rotatable bonds is 8. The van der Waals surface area contributed by atoms with Gasteiger partial charge in [-0.3, -0.25) is 4.90 Å². The number of carbonyl (C=O) groups is 1. The minimum Gasteiger partial charge on any atom is -0.369 e. The lowest BCUT2D eigenvalue weighted by molar-refractivity contribution is 0.141. The lowest BCUT2D eigenvalue weighted by Crippen LogP contribution is -2.49. The fourth-order valence-corrected chi connectivity index (χ4v) is 4.15. The summed E-state index contributed by atoms with van der Waals surface area (Å²) in [6.45, 7) is 7.53. The topological polar surface area (TPSA) is 76.6 Å². The van der Waals surface area contributed by atoms with Gasteiger partial charge in [0.25, 0.3) is 0 Å². The Morgan fingerprint density at radius 3 is 2.50 bits per heavy atom. The second kappa shape index (κ2) is 11.3. The number of fused-ring (bicyclic) bond motifs is 1. The van der Waals surface area contributed by atoms with Gasteiger partial charge in [0.1, 0.15) is 11.6 Å². The van der Waals surface area contributed by atoms with Crippen LogP contribution in [0, 0.1) is 6.92 Å². The van der Waals surface area contributed by atoms with Gasteiger partial charge in [0.15, 0.2) is 0 Å². The van der Waals surface area contributed by atoms with Crippen LogP contribution in [0.5, 0.6) is 0 Å². The molecule has 2 aromatic carbocycles. The van der Waals surface area contributed by atoms with Gasteiger partial charge >= 0.3 is 6.03 Å². The maximum atomic E-state index is 12.7. The Labute approximate surface area is 202 Å². The lowest BCUT2D eigenvalue weighted by Gasteiger charge is -2.34. The van der Waals surface area contributed by atoms with Crippen LogP contribution in [-0.4, -0.2) is 84.1 Å². The molecule has 0 unspecified atom stereocenters. The molecule has 1 aromatic heterocycles. The van der Waals surface area contributed by atoms with E-state index in [1.165, 1.54) is 0 Å². The summed E-state index contributed by atoms with van der Waals surface area (Å²) in [6.07, 6.45) is 1.05. The Morgan fingerprint density at radius 1 is 1.00 bits per heavy atom. The average molecular weight is 462 g/mol. The van der Waals surface area contributed by atoms with Gasteiger partial charge in [-0.1, -0.05) is 30.3 Å². The number of hydrogen-bond donors (Lipinski definition) is 2. The van der Waals surface area contributed by atoms with E-state index in [2.05, 4.69) is 40.6 Å². The van der Waals surface area contributed by atoms with Crippen molar-refractivity contribution in [3.05, 3.63) is 59.9 Å². The van der Waals surface area contributed by atoms with E-state index in [1.807, 2.05) is 54.3 Å². The fraction of sp³-hybridized carbons (Fsp3) is 0.423. The highest BCUT2D eigenvalue weighted by atomic mass is 16.2. The van der Waals surface area contributed by atoms with Crippen LogP contribution in [0.25, 0.3) is 10.9 Å². The first kappa shape index (κ1) is 23.9. The quantitative estimate of drug-likeness (QED) is 0.499. The van der Waals surface area contributed by atoms with Crippen molar-refractivity contribution in [2.45, 2.75) is 19.9 Å². The predicted molar refractivity (Wildman–Crippen MR) is 138 cm³/mol. The SMILES string of the molecule is Cc1ccccc1NC(=O)N1CCN(Cc2nc(NCCCN(C)C)c3ccccc3n2)CC1. The number of urea groups is 1. The van der Waals surface area contributed by atoms with Crippen LogP contribution >= 0.6 is 0 Å². The minimum absolute atomic E-state index is 0.0416. The van der Waals surface area contributed by atoms with Crippen molar-refractivity contribution in [1.82, 2.24) is 24.7 Å². The molecule has 0 aliphatic carbocycles. The van der Waals surface area contributed by atoms with Crippen LogP contribution in [0.4, 0.5) is 16.3 Å². The third kappa shape index (κ3) is 6.21. The van der Waals surface area contributed by atoms with Crippen molar-refractivity contribution >= 4 is 28.4 Å². The number of piperazine rings is 1. The van der Waals surface area contributed by atoms with E-state index >= 15 is 0 Å². The maximum Gasteiger partial charge on any atom is 0.321 e. The maximum absolute atomic E-state index is 12.7. The van der Waals surface area contributed by atoms with Crippen molar-refractivity contribution in [2.24, 2.45) is 0 Å². The normalized spacial score (nSPS) is 14.5. The number of aromatic nitrogens is 2. The molecule has 3 aromatic rings. The van der Waals surface area contributed by atoms with Crippen LogP contribution < -0.4 is 10.6 Å². The zero-order chi connectivity index (χ0) is 23.9. The van der Waals surface area contributed by atoms with Gasteiger partial charge in [-0.2, -0.15) is 0 Å². The minimum atomic E-state index is -0.0416. The van der Waals surface area contributed by atoms with Crippen LogP contribution in [0.1, 0.15) is 17.8 Å². The number of amides is 2. The van der Waals surface area contributed by atoms with Gasteiger partial charge in [-0.25, -0.2) is 14.8 Å². The Balaban J connectivity index is 1.35. The molecule has 1 fully saturated rings. The van der Waals surface area contributed by atoms with E-state index in [1.54, 1.807) is 0 Å². The molecule has 180 valence electrons. The lowest BCUT2D eigenvalue weighted by atomic mass is 10.2. The molecular formula is C26H35N7O. The smallest absolute Gasteiger partial charge is 0.321 e. The summed E-state index contributed by atoms with van der Waals surface area (Å²) in [5.41, 5.74) is 2.89. The molecule has 1 saturated heterocycles. The molecule has 1 aliphatic heterocycles. The van der Waals surface area contributed by atoms with Gasteiger partial charge in [-0.05, 0) is 57.7 Å². The summed E-state index contributed by atoms with van der Waals surface area (Å²) >= 11 is 0. The third-order valence-electron chi connectivity index (χ3n) is 6.14. The molecule has 0 spiro atoms. The van der Waals surface area contributed by atoms with Gasteiger partial charge in [0.2, 0.25) is 0 Å². The van der Waals surface area contributed by atoms with E-state index in [-0.39, 0.29) is 6.03 Å². The number of aryl methyl sites for hydroxylation is 1. The molecule has 0 bridgehead atoms. The van der Waals surface area contributed by atoms with Crippen LogP contribution in [-0.2, 0) is 6.54 Å². The zero-order valence-electron chi connectivity index (χ0n) is 20.4. The highest BCUT2D eigenvalue weighted by molar-refractivity contribution is 5.90. The molecule has 4 rings (SSSR count). The number of nitrogens with zero attached hydrogens (tertiary/aromatic N) is 5. The zero-order valence-corrected chi connectivity index (χ0v) is 20.4.